The fourth-order valence-corrected chi connectivity index (χ4v) is 5.38. The summed E-state index contributed by atoms with van der Waals surface area (Å²) in [4.78, 5) is 14.1. The molecule has 0 aliphatic carbocycles. The van der Waals surface area contributed by atoms with Crippen molar-refractivity contribution in [3.63, 3.8) is 0 Å². The number of aromatic nitrogens is 2. The van der Waals surface area contributed by atoms with Crippen LogP contribution in [0, 0.1) is 0 Å². The molecule has 2 heterocycles. The summed E-state index contributed by atoms with van der Waals surface area (Å²) in [6, 6.07) is 16.8. The van der Waals surface area contributed by atoms with Crippen LogP contribution in [-0.4, -0.2) is 42.6 Å². The van der Waals surface area contributed by atoms with Gasteiger partial charge < -0.3 is 0 Å². The van der Waals surface area contributed by atoms with Gasteiger partial charge in [-0.25, -0.2) is 18.2 Å². The fourth-order valence-electron chi connectivity index (χ4n) is 2.98. The molecular formula is C21H26N4O3S2. The van der Waals surface area contributed by atoms with E-state index in [0.717, 1.165) is 24.4 Å². The first-order chi connectivity index (χ1) is 14.3. The van der Waals surface area contributed by atoms with E-state index in [0.29, 0.717) is 29.6 Å². The monoisotopic (exact) mass is 446 g/mol. The molecule has 0 aliphatic heterocycles. The van der Waals surface area contributed by atoms with Crippen LogP contribution in [0.1, 0.15) is 25.8 Å². The largest absolute Gasteiger partial charge is 0.297 e. The second-order valence-corrected chi connectivity index (χ2v) is 10.3. The lowest BCUT2D eigenvalue weighted by Crippen LogP contribution is -2.33. The third-order valence-electron chi connectivity index (χ3n) is 4.65. The minimum atomic E-state index is -3.58. The van der Waals surface area contributed by atoms with Crippen LogP contribution in [0.25, 0.3) is 10.6 Å². The van der Waals surface area contributed by atoms with Gasteiger partial charge in [-0.15, -0.1) is 11.3 Å². The normalized spacial score (nSPS) is 12.0. The quantitative estimate of drug-likeness (QED) is 0.467. The van der Waals surface area contributed by atoms with E-state index in [-0.39, 0.29) is 9.77 Å². The Morgan fingerprint density at radius 2 is 1.87 bits per heavy atom. The predicted molar refractivity (Wildman–Crippen MR) is 120 cm³/mol. The molecular weight excluding hydrogens is 420 g/mol. The van der Waals surface area contributed by atoms with Crippen molar-refractivity contribution in [3.05, 3.63) is 70.5 Å². The molecule has 0 unspecified atom stereocenters. The zero-order valence-corrected chi connectivity index (χ0v) is 18.7. The Morgan fingerprint density at radius 3 is 2.53 bits per heavy atom. The predicted octanol–water partition coefficient (Wildman–Crippen LogP) is 3.08. The molecule has 7 nitrogen and oxygen atoms in total. The summed E-state index contributed by atoms with van der Waals surface area (Å²) in [5.41, 5.74) is 1.48. The number of sulfonamides is 1. The summed E-state index contributed by atoms with van der Waals surface area (Å²) in [5.74, 6) is 0. The molecule has 0 fully saturated rings. The van der Waals surface area contributed by atoms with Crippen LogP contribution in [0.4, 0.5) is 0 Å². The fraction of sp³-hybridized carbons (Fsp3) is 0.333. The molecule has 0 saturated heterocycles. The minimum absolute atomic E-state index is 0.232. The summed E-state index contributed by atoms with van der Waals surface area (Å²) in [6.45, 7) is 6.29. The highest BCUT2D eigenvalue weighted by molar-refractivity contribution is 7.91. The number of hydrogen-bond donors (Lipinski definition) is 2. The molecule has 0 atom stereocenters. The van der Waals surface area contributed by atoms with Crippen LogP contribution in [-0.2, 0) is 16.6 Å². The Morgan fingerprint density at radius 1 is 1.10 bits per heavy atom. The molecule has 1 aromatic carbocycles. The molecule has 30 heavy (non-hydrogen) atoms. The van der Waals surface area contributed by atoms with E-state index >= 15 is 0 Å². The van der Waals surface area contributed by atoms with Gasteiger partial charge in [0.25, 0.3) is 5.56 Å². The van der Waals surface area contributed by atoms with Gasteiger partial charge in [0, 0.05) is 31.7 Å². The first-order valence-corrected chi connectivity index (χ1v) is 12.1. The van der Waals surface area contributed by atoms with E-state index in [1.165, 1.54) is 11.6 Å². The van der Waals surface area contributed by atoms with E-state index in [9.17, 15) is 13.2 Å². The maximum Gasteiger partial charge on any atom is 0.264 e. The molecule has 0 radical (unpaired) electrons. The average molecular weight is 447 g/mol. The van der Waals surface area contributed by atoms with Gasteiger partial charge in [0.1, 0.15) is 9.90 Å². The Kier molecular flexibility index (Phi) is 7.54. The Labute approximate surface area is 180 Å². The molecule has 3 aromatic rings. The highest BCUT2D eigenvalue weighted by Crippen LogP contribution is 2.28. The number of nitrogens with one attached hydrogen (secondary N) is 2. The molecule has 160 valence electrons. The SMILES string of the molecule is CC(C)N(CCCNS(=O)(=O)c1ccc(-c2ccc(=O)[nH]n2)s1)Cc1ccccc1. The van der Waals surface area contributed by atoms with Crippen LogP contribution in [0.5, 0.6) is 0 Å². The molecule has 0 amide bonds. The van der Waals surface area contributed by atoms with Gasteiger partial charge in [-0.05, 0) is 44.0 Å². The molecule has 0 saturated carbocycles. The van der Waals surface area contributed by atoms with Gasteiger partial charge in [0.15, 0.2) is 0 Å². The van der Waals surface area contributed by atoms with E-state index in [1.54, 1.807) is 18.2 Å². The Balaban J connectivity index is 1.54. The van der Waals surface area contributed by atoms with Gasteiger partial charge in [0.05, 0.1) is 4.88 Å². The number of benzene rings is 1. The van der Waals surface area contributed by atoms with Crippen molar-refractivity contribution in [2.24, 2.45) is 0 Å². The highest BCUT2D eigenvalue weighted by Gasteiger charge is 2.18. The standard InChI is InChI=1S/C21H26N4O3S2/c1-16(2)25(15-17-7-4-3-5-8-17)14-6-13-22-30(27,28)21-12-10-19(29-21)18-9-11-20(26)24-23-18/h3-5,7-12,16,22H,6,13-15H2,1-2H3,(H,24,26). The number of hydrogen-bond acceptors (Lipinski definition) is 6. The number of rotatable bonds is 10. The number of nitrogens with zero attached hydrogens (tertiary/aromatic N) is 2. The first-order valence-electron chi connectivity index (χ1n) is 9.79. The topological polar surface area (TPSA) is 95.2 Å². The van der Waals surface area contributed by atoms with E-state index in [1.807, 2.05) is 18.2 Å². The molecule has 2 aromatic heterocycles. The summed E-state index contributed by atoms with van der Waals surface area (Å²) in [6.07, 6.45) is 0.712. The molecule has 0 bridgehead atoms. The van der Waals surface area contributed by atoms with Crippen molar-refractivity contribution in [3.8, 4) is 10.6 Å². The van der Waals surface area contributed by atoms with Crippen LogP contribution in [0.15, 0.2) is 63.6 Å². The van der Waals surface area contributed by atoms with Crippen molar-refractivity contribution in [1.82, 2.24) is 19.8 Å². The third-order valence-corrected chi connectivity index (χ3v) is 7.71. The Bertz CT molecular complexity index is 1090. The maximum absolute atomic E-state index is 12.6. The van der Waals surface area contributed by atoms with Crippen molar-refractivity contribution in [2.45, 2.75) is 37.1 Å². The zero-order valence-electron chi connectivity index (χ0n) is 17.0. The van der Waals surface area contributed by atoms with Crippen LogP contribution in [0.2, 0.25) is 0 Å². The van der Waals surface area contributed by atoms with Crippen LogP contribution < -0.4 is 10.3 Å². The zero-order chi connectivity index (χ0) is 21.6. The third kappa shape index (κ3) is 6.09. The first kappa shape index (κ1) is 22.4. The molecule has 0 aliphatic rings. The minimum Gasteiger partial charge on any atom is -0.297 e. The second-order valence-electron chi connectivity index (χ2n) is 7.23. The lowest BCUT2D eigenvalue weighted by atomic mass is 10.2. The van der Waals surface area contributed by atoms with Crippen molar-refractivity contribution in [1.29, 1.82) is 0 Å². The molecule has 2 N–H and O–H groups in total. The van der Waals surface area contributed by atoms with Gasteiger partial charge >= 0.3 is 0 Å². The maximum atomic E-state index is 12.6. The van der Waals surface area contributed by atoms with Crippen molar-refractivity contribution < 1.29 is 8.42 Å². The number of thiophene rings is 1. The molecule has 3 rings (SSSR count). The summed E-state index contributed by atoms with van der Waals surface area (Å²) in [5, 5.41) is 6.30. The second kappa shape index (κ2) is 10.1. The number of aromatic amines is 1. The summed E-state index contributed by atoms with van der Waals surface area (Å²) >= 11 is 1.12. The average Bonchev–Trinajstić information content (AvgIpc) is 3.23. The van der Waals surface area contributed by atoms with Crippen LogP contribution >= 0.6 is 11.3 Å². The van der Waals surface area contributed by atoms with Gasteiger partial charge in [-0.2, -0.15) is 5.10 Å². The highest BCUT2D eigenvalue weighted by atomic mass is 32.2. The molecule has 9 heteroatoms. The lowest BCUT2D eigenvalue weighted by molar-refractivity contribution is 0.211. The number of H-pyrrole nitrogens is 1. The lowest BCUT2D eigenvalue weighted by Gasteiger charge is -2.26. The Hall–Kier alpha value is -2.33. The van der Waals surface area contributed by atoms with Crippen LogP contribution in [0.3, 0.4) is 0 Å². The van der Waals surface area contributed by atoms with E-state index in [2.05, 4.69) is 45.8 Å². The van der Waals surface area contributed by atoms with Gasteiger partial charge in [0.2, 0.25) is 10.0 Å². The van der Waals surface area contributed by atoms with E-state index in [4.69, 9.17) is 0 Å². The van der Waals surface area contributed by atoms with Gasteiger partial charge in [-0.3, -0.25) is 9.69 Å². The van der Waals surface area contributed by atoms with E-state index < -0.39 is 10.0 Å². The summed E-state index contributed by atoms with van der Waals surface area (Å²) in [7, 11) is -3.58. The van der Waals surface area contributed by atoms with Crippen molar-refractivity contribution in [2.75, 3.05) is 13.1 Å². The van der Waals surface area contributed by atoms with Gasteiger partial charge in [-0.1, -0.05) is 30.3 Å². The van der Waals surface area contributed by atoms with Crippen molar-refractivity contribution >= 4 is 21.4 Å². The molecule has 0 spiro atoms. The summed E-state index contributed by atoms with van der Waals surface area (Å²) < 4.78 is 28.1. The smallest absolute Gasteiger partial charge is 0.264 e.